The Balaban J connectivity index is 1.39. The second kappa shape index (κ2) is 12.3. The van der Waals surface area contributed by atoms with Gasteiger partial charge in [0.2, 0.25) is 0 Å². The van der Waals surface area contributed by atoms with Crippen molar-refractivity contribution in [2.45, 2.75) is 50.8 Å². The fourth-order valence-corrected chi connectivity index (χ4v) is 5.30. The number of piperidine rings is 1. The highest BCUT2D eigenvalue weighted by atomic mass is 35.5. The Hall–Kier alpha value is -2.92. The number of benzene rings is 1. The fraction of sp³-hybridized carbons (Fsp3) is 0.423. The molecule has 5 N–H and O–H groups in total. The number of likely N-dealkylation sites (tertiary alicyclic amines) is 1. The van der Waals surface area contributed by atoms with Gasteiger partial charge in [0.1, 0.15) is 18.0 Å². The van der Waals surface area contributed by atoms with Crippen LogP contribution in [0.2, 0.25) is 10.0 Å². The smallest absolute Gasteiger partial charge is 0.320 e. The third-order valence-electron chi connectivity index (χ3n) is 6.84. The summed E-state index contributed by atoms with van der Waals surface area (Å²) >= 11 is 12.4. The van der Waals surface area contributed by atoms with E-state index in [4.69, 9.17) is 44.5 Å². The van der Waals surface area contributed by atoms with Crippen LogP contribution in [0.25, 0.3) is 11.1 Å². The molecule has 2 atom stereocenters. The molecule has 0 bridgehead atoms. The van der Waals surface area contributed by atoms with Crippen LogP contribution in [0.1, 0.15) is 50.3 Å². The Morgan fingerprint density at radius 2 is 2.00 bits per heavy atom. The summed E-state index contributed by atoms with van der Waals surface area (Å²) in [4.78, 5) is 17.5. The number of anilines is 1. The molecule has 3 heterocycles. The zero-order valence-electron chi connectivity index (χ0n) is 21.0. The van der Waals surface area contributed by atoms with Gasteiger partial charge in [-0.3, -0.25) is 9.48 Å². The lowest BCUT2D eigenvalue weighted by molar-refractivity contribution is -0.138. The molecule has 1 saturated heterocycles. The Morgan fingerprint density at radius 1 is 1.26 bits per heavy atom. The number of pyridine rings is 1. The van der Waals surface area contributed by atoms with Gasteiger partial charge in [0.05, 0.1) is 17.3 Å². The van der Waals surface area contributed by atoms with Gasteiger partial charge in [0.15, 0.2) is 11.6 Å². The van der Waals surface area contributed by atoms with E-state index in [9.17, 15) is 9.18 Å². The van der Waals surface area contributed by atoms with E-state index in [0.29, 0.717) is 22.8 Å². The Labute approximate surface area is 230 Å². The Bertz CT molecular complexity index is 1280. The number of rotatable bonds is 10. The highest BCUT2D eigenvalue weighted by Gasteiger charge is 2.23. The molecule has 9 nitrogen and oxygen atoms in total. The number of aromatic nitrogens is 3. The molecular weight excluding hydrogens is 534 g/mol. The average molecular weight is 565 g/mol. The van der Waals surface area contributed by atoms with Crippen molar-refractivity contribution in [2.75, 3.05) is 25.4 Å². The highest BCUT2D eigenvalue weighted by Crippen LogP contribution is 2.37. The first kappa shape index (κ1) is 28.1. The number of aliphatic carboxylic acids is 1. The molecule has 1 fully saturated rings. The third kappa shape index (κ3) is 6.55. The molecule has 1 aromatic carbocycles. The van der Waals surface area contributed by atoms with Gasteiger partial charge in [0.25, 0.3) is 0 Å². The average Bonchev–Trinajstić information content (AvgIpc) is 3.38. The topological polar surface area (TPSA) is 133 Å². The largest absolute Gasteiger partial charge is 0.482 e. The molecule has 0 spiro atoms. The number of ether oxygens (including phenoxy) is 1. The van der Waals surface area contributed by atoms with Crippen LogP contribution in [0.5, 0.6) is 5.75 Å². The lowest BCUT2D eigenvalue weighted by Gasteiger charge is -2.32. The lowest BCUT2D eigenvalue weighted by Crippen LogP contribution is -2.36. The zero-order valence-corrected chi connectivity index (χ0v) is 22.5. The number of carboxylic acids is 1. The summed E-state index contributed by atoms with van der Waals surface area (Å²) in [6, 6.07) is 3.87. The summed E-state index contributed by atoms with van der Waals surface area (Å²) in [6.07, 6.45) is 7.85. The molecular formula is C26H31Cl2FN6O3. The normalized spacial score (nSPS) is 16.3. The van der Waals surface area contributed by atoms with E-state index in [-0.39, 0.29) is 16.9 Å². The minimum atomic E-state index is -0.955. The molecule has 3 aromatic rings. The van der Waals surface area contributed by atoms with Crippen LogP contribution in [0.15, 0.2) is 36.8 Å². The number of carboxylic acid groups (broad SMARTS) is 1. The fourth-order valence-electron chi connectivity index (χ4n) is 4.62. The van der Waals surface area contributed by atoms with Crippen molar-refractivity contribution in [3.63, 3.8) is 0 Å². The molecule has 1 unspecified atom stereocenters. The first-order valence-corrected chi connectivity index (χ1v) is 13.2. The molecule has 1 aliphatic heterocycles. The molecule has 12 heteroatoms. The van der Waals surface area contributed by atoms with Crippen LogP contribution in [0.3, 0.4) is 0 Å². The van der Waals surface area contributed by atoms with Crippen molar-refractivity contribution >= 4 is 35.0 Å². The van der Waals surface area contributed by atoms with Crippen LogP contribution in [-0.4, -0.2) is 56.4 Å². The molecule has 0 amide bonds. The summed E-state index contributed by atoms with van der Waals surface area (Å²) in [7, 11) is 0. The third-order valence-corrected chi connectivity index (χ3v) is 7.56. The number of nitrogens with zero attached hydrogens (tertiary/aromatic N) is 4. The van der Waals surface area contributed by atoms with Crippen LogP contribution in [0, 0.1) is 5.82 Å². The van der Waals surface area contributed by atoms with E-state index in [1.54, 1.807) is 25.4 Å². The summed E-state index contributed by atoms with van der Waals surface area (Å²) < 4.78 is 22.0. The number of hydrogen-bond donors (Lipinski definition) is 3. The van der Waals surface area contributed by atoms with Crippen LogP contribution < -0.4 is 16.2 Å². The standard InChI is InChI=1S/C26H31Cl2FN6O3/c1-15(23-19(27)4-5-20(29)24(23)28)38-22-11-16(12-32-25(22)31)17-13-33-35(14-17)18-6-9-34(10-7-18)8-2-3-21(30)26(36)37/h4-5,11-15,18,21H,2-3,6-10,30H2,1H3,(H2,31,32)(H,36,37)/t15?,21-/m0/s1. The van der Waals surface area contributed by atoms with Gasteiger partial charge in [-0.2, -0.15) is 5.10 Å². The van der Waals surface area contributed by atoms with Crippen molar-refractivity contribution in [1.29, 1.82) is 0 Å². The molecule has 2 aromatic heterocycles. The zero-order chi connectivity index (χ0) is 27.4. The lowest BCUT2D eigenvalue weighted by atomic mass is 10.0. The number of carbonyl (C=O) groups is 1. The molecule has 1 aliphatic rings. The molecule has 0 saturated carbocycles. The van der Waals surface area contributed by atoms with Crippen LogP contribution in [-0.2, 0) is 4.79 Å². The predicted molar refractivity (Wildman–Crippen MR) is 145 cm³/mol. The Kier molecular flexibility index (Phi) is 9.09. The van der Waals surface area contributed by atoms with Gasteiger partial charge in [0, 0.05) is 47.2 Å². The van der Waals surface area contributed by atoms with E-state index in [1.165, 1.54) is 12.1 Å². The van der Waals surface area contributed by atoms with Crippen molar-refractivity contribution in [3.8, 4) is 16.9 Å². The number of nitrogen functional groups attached to an aromatic ring is 1. The first-order chi connectivity index (χ1) is 18.1. The second-order valence-corrected chi connectivity index (χ2v) is 10.3. The van der Waals surface area contributed by atoms with E-state index in [1.807, 2.05) is 10.9 Å². The van der Waals surface area contributed by atoms with Crippen molar-refractivity contribution in [1.82, 2.24) is 19.7 Å². The van der Waals surface area contributed by atoms with Crippen LogP contribution >= 0.6 is 23.2 Å². The maximum atomic E-state index is 14.0. The van der Waals surface area contributed by atoms with Crippen molar-refractivity contribution < 1.29 is 19.0 Å². The highest BCUT2D eigenvalue weighted by molar-refractivity contribution is 6.36. The second-order valence-electron chi connectivity index (χ2n) is 9.49. The summed E-state index contributed by atoms with van der Waals surface area (Å²) in [6.45, 7) is 4.37. The maximum Gasteiger partial charge on any atom is 0.320 e. The van der Waals surface area contributed by atoms with Gasteiger partial charge in [-0.25, -0.2) is 9.37 Å². The number of nitrogens with two attached hydrogens (primary N) is 2. The number of halogens is 3. The monoisotopic (exact) mass is 564 g/mol. The van der Waals surface area contributed by atoms with Crippen molar-refractivity contribution in [2.24, 2.45) is 5.73 Å². The Morgan fingerprint density at radius 3 is 2.71 bits per heavy atom. The molecule has 204 valence electrons. The summed E-state index contributed by atoms with van der Waals surface area (Å²) in [5.41, 5.74) is 13.6. The van der Waals surface area contributed by atoms with Gasteiger partial charge in [-0.15, -0.1) is 0 Å². The van der Waals surface area contributed by atoms with Gasteiger partial charge in [-0.1, -0.05) is 23.2 Å². The van der Waals surface area contributed by atoms with Crippen molar-refractivity contribution in [3.05, 3.63) is 58.2 Å². The SMILES string of the molecule is CC(Oc1cc(-c2cnn(C3CCN(CCC[C@H](N)C(=O)O)CC3)c2)cnc1N)c1c(Cl)ccc(F)c1Cl. The van der Waals surface area contributed by atoms with Crippen LogP contribution in [0.4, 0.5) is 10.2 Å². The van der Waals surface area contributed by atoms with Gasteiger partial charge >= 0.3 is 5.97 Å². The first-order valence-electron chi connectivity index (χ1n) is 12.4. The molecule has 0 aliphatic carbocycles. The van der Waals surface area contributed by atoms with E-state index in [0.717, 1.165) is 50.0 Å². The maximum absolute atomic E-state index is 14.0. The summed E-state index contributed by atoms with van der Waals surface area (Å²) in [5.74, 6) is -1.02. The quantitative estimate of drug-likeness (QED) is 0.295. The van der Waals surface area contributed by atoms with Gasteiger partial charge in [-0.05, 0) is 57.4 Å². The minimum absolute atomic E-state index is 0.0937. The number of hydrogen-bond acceptors (Lipinski definition) is 7. The van der Waals surface area contributed by atoms with Gasteiger partial charge < -0.3 is 26.2 Å². The van der Waals surface area contributed by atoms with E-state index in [2.05, 4.69) is 15.0 Å². The predicted octanol–water partition coefficient (Wildman–Crippen LogP) is 4.94. The van der Waals surface area contributed by atoms with E-state index >= 15 is 0 Å². The molecule has 4 rings (SSSR count). The van der Waals surface area contributed by atoms with E-state index < -0.39 is 23.9 Å². The molecule has 0 radical (unpaired) electrons. The molecule has 38 heavy (non-hydrogen) atoms. The minimum Gasteiger partial charge on any atom is -0.482 e. The summed E-state index contributed by atoms with van der Waals surface area (Å²) in [5, 5.41) is 13.7.